The fraction of sp³-hybridized carbons (Fsp3) is 0.269. The highest BCUT2D eigenvalue weighted by atomic mass is 35.5. The third kappa shape index (κ3) is 6.54. The van der Waals surface area contributed by atoms with Crippen molar-refractivity contribution in [2.24, 2.45) is 4.99 Å². The van der Waals surface area contributed by atoms with E-state index < -0.39 is 22.7 Å². The van der Waals surface area contributed by atoms with Crippen LogP contribution in [-0.4, -0.2) is 28.8 Å². The molecule has 1 aliphatic rings. The lowest BCUT2D eigenvalue weighted by Gasteiger charge is -2.12. The number of halogens is 4. The van der Waals surface area contributed by atoms with E-state index in [1.165, 1.54) is 6.07 Å². The van der Waals surface area contributed by atoms with Crippen molar-refractivity contribution in [1.82, 2.24) is 10.3 Å². The molecular formula is C26H24ClF3N4O2. The molecule has 2 N–H and O–H groups in total. The zero-order valence-electron chi connectivity index (χ0n) is 19.6. The van der Waals surface area contributed by atoms with Crippen LogP contribution in [0.2, 0.25) is 5.02 Å². The number of anilines is 1. The number of rotatable bonds is 7. The van der Waals surface area contributed by atoms with Gasteiger partial charge in [0, 0.05) is 30.9 Å². The Kier molecular flexibility index (Phi) is 7.21. The third-order valence-corrected chi connectivity index (χ3v) is 5.76. The molecule has 1 aromatic heterocycles. The quantitative estimate of drug-likeness (QED) is 0.389. The molecular weight excluding hydrogens is 493 g/mol. The smallest absolute Gasteiger partial charge is 0.417 e. The van der Waals surface area contributed by atoms with Crippen LogP contribution in [0.3, 0.4) is 0 Å². The molecule has 0 atom stereocenters. The van der Waals surface area contributed by atoms with Crippen LogP contribution in [0, 0.1) is 0 Å². The van der Waals surface area contributed by atoms with Crippen LogP contribution in [0.15, 0.2) is 65.8 Å². The Morgan fingerprint density at radius 3 is 2.53 bits per heavy atom. The van der Waals surface area contributed by atoms with E-state index in [4.69, 9.17) is 16.3 Å². The first-order valence-corrected chi connectivity index (χ1v) is 11.6. The van der Waals surface area contributed by atoms with Crippen LogP contribution >= 0.6 is 11.6 Å². The summed E-state index contributed by atoms with van der Waals surface area (Å²) in [6.45, 7) is 4.82. The van der Waals surface area contributed by atoms with E-state index in [0.29, 0.717) is 23.6 Å². The number of nitrogens with one attached hydrogen (secondary N) is 2. The minimum Gasteiger partial charge on any atom is -0.457 e. The highest BCUT2D eigenvalue weighted by molar-refractivity contribution is 6.31. The first-order chi connectivity index (χ1) is 17.0. The van der Waals surface area contributed by atoms with Crippen molar-refractivity contribution in [2.45, 2.75) is 38.4 Å². The zero-order valence-corrected chi connectivity index (χ0v) is 20.4. The van der Waals surface area contributed by atoms with Crippen LogP contribution in [0.4, 0.5) is 18.9 Å². The van der Waals surface area contributed by atoms with Crippen LogP contribution in [0.25, 0.3) is 0 Å². The van der Waals surface area contributed by atoms with Crippen LogP contribution in [-0.2, 0) is 17.4 Å². The Hall–Kier alpha value is -3.59. The SMILES string of the molecule is CC1(C)CNC(c2cc(Oc3ccc(CCC(=O)Nc4ccc(Cl)c(C(F)(F)F)c4)cc3)ccn2)=N1. The number of hydrogen-bond acceptors (Lipinski definition) is 5. The predicted molar refractivity (Wildman–Crippen MR) is 133 cm³/mol. The van der Waals surface area contributed by atoms with E-state index in [1.54, 1.807) is 24.4 Å². The summed E-state index contributed by atoms with van der Waals surface area (Å²) in [7, 11) is 0. The normalized spacial score (nSPS) is 14.7. The standard InChI is InChI=1S/C26H24ClF3N4O2/c1-25(2)15-32-24(34-25)22-14-19(11-12-31-22)36-18-7-3-16(4-8-18)5-10-23(35)33-17-6-9-21(27)20(13-17)26(28,29)30/h3-4,6-9,11-14H,5,10,15H2,1-2H3,(H,32,34)(H,33,35). The van der Waals surface area contributed by atoms with E-state index in [1.807, 2.05) is 32.0 Å². The van der Waals surface area contributed by atoms with E-state index in [0.717, 1.165) is 30.1 Å². The largest absolute Gasteiger partial charge is 0.457 e. The maximum absolute atomic E-state index is 13.0. The molecule has 3 aromatic rings. The number of nitrogens with zero attached hydrogens (tertiary/aromatic N) is 2. The van der Waals surface area contributed by atoms with Crippen LogP contribution in [0.1, 0.15) is 37.1 Å². The topological polar surface area (TPSA) is 75.6 Å². The Morgan fingerprint density at radius 1 is 1.11 bits per heavy atom. The lowest BCUT2D eigenvalue weighted by Crippen LogP contribution is -2.26. The van der Waals surface area contributed by atoms with Crippen LogP contribution in [0.5, 0.6) is 11.5 Å². The van der Waals surface area contributed by atoms with Gasteiger partial charge in [-0.2, -0.15) is 13.2 Å². The highest BCUT2D eigenvalue weighted by Gasteiger charge is 2.33. The Morgan fingerprint density at radius 2 is 1.86 bits per heavy atom. The van der Waals surface area contributed by atoms with E-state index in [9.17, 15) is 18.0 Å². The maximum atomic E-state index is 13.0. The molecule has 6 nitrogen and oxygen atoms in total. The molecule has 0 unspecified atom stereocenters. The highest BCUT2D eigenvalue weighted by Crippen LogP contribution is 2.36. The van der Waals surface area contributed by atoms with Crippen molar-refractivity contribution in [3.63, 3.8) is 0 Å². The van der Waals surface area contributed by atoms with Crippen molar-refractivity contribution >= 4 is 29.0 Å². The molecule has 0 fully saturated rings. The van der Waals surface area contributed by atoms with Gasteiger partial charge in [-0.3, -0.25) is 14.8 Å². The second-order valence-corrected chi connectivity index (χ2v) is 9.40. The first-order valence-electron chi connectivity index (χ1n) is 11.2. The average molecular weight is 517 g/mol. The van der Waals surface area contributed by atoms with Gasteiger partial charge in [0.2, 0.25) is 5.91 Å². The number of carbonyl (C=O) groups excluding carboxylic acids is 1. The summed E-state index contributed by atoms with van der Waals surface area (Å²) in [4.78, 5) is 21.2. The van der Waals surface area contributed by atoms with Gasteiger partial charge in [0.15, 0.2) is 0 Å². The van der Waals surface area contributed by atoms with Crippen molar-refractivity contribution in [1.29, 1.82) is 0 Å². The minimum atomic E-state index is -4.60. The summed E-state index contributed by atoms with van der Waals surface area (Å²) >= 11 is 5.62. The number of amides is 1. The van der Waals surface area contributed by atoms with E-state index in [-0.39, 0.29) is 17.6 Å². The maximum Gasteiger partial charge on any atom is 0.417 e. The van der Waals surface area contributed by atoms with Gasteiger partial charge < -0.3 is 15.4 Å². The third-order valence-electron chi connectivity index (χ3n) is 5.43. The number of alkyl halides is 3. The summed E-state index contributed by atoms with van der Waals surface area (Å²) in [6.07, 6.45) is -2.43. The number of aliphatic imine (C=N–C) groups is 1. The van der Waals surface area contributed by atoms with Gasteiger partial charge in [0.25, 0.3) is 0 Å². The van der Waals surface area contributed by atoms with Gasteiger partial charge in [-0.1, -0.05) is 23.7 Å². The summed E-state index contributed by atoms with van der Waals surface area (Å²) < 4.78 is 44.9. The molecule has 188 valence electrons. The molecule has 0 bridgehead atoms. The molecule has 1 amide bonds. The Balaban J connectivity index is 1.32. The summed E-state index contributed by atoms with van der Waals surface area (Å²) in [5.41, 5.74) is 0.451. The number of aryl methyl sites for hydroxylation is 1. The van der Waals surface area contributed by atoms with Gasteiger partial charge in [-0.05, 0) is 62.2 Å². The second kappa shape index (κ2) is 10.2. The van der Waals surface area contributed by atoms with Crippen molar-refractivity contribution in [3.8, 4) is 11.5 Å². The molecule has 10 heteroatoms. The average Bonchev–Trinajstić information content (AvgIpc) is 3.19. The van der Waals surface area contributed by atoms with E-state index >= 15 is 0 Å². The lowest BCUT2D eigenvalue weighted by atomic mass is 10.1. The fourth-order valence-electron chi connectivity index (χ4n) is 3.60. The zero-order chi connectivity index (χ0) is 25.9. The van der Waals surface area contributed by atoms with Crippen molar-refractivity contribution in [3.05, 3.63) is 82.6 Å². The minimum absolute atomic E-state index is 0.0412. The summed E-state index contributed by atoms with van der Waals surface area (Å²) in [6, 6.07) is 14.1. The van der Waals surface area contributed by atoms with Crippen molar-refractivity contribution < 1.29 is 22.7 Å². The number of pyridine rings is 1. The summed E-state index contributed by atoms with van der Waals surface area (Å²) in [5.74, 6) is 1.55. The number of ether oxygens (including phenoxy) is 1. The molecule has 36 heavy (non-hydrogen) atoms. The second-order valence-electron chi connectivity index (χ2n) is 8.99. The number of carbonyl (C=O) groups is 1. The van der Waals surface area contributed by atoms with Gasteiger partial charge in [-0.25, -0.2) is 0 Å². The van der Waals surface area contributed by atoms with Gasteiger partial charge >= 0.3 is 6.18 Å². The molecule has 0 saturated carbocycles. The number of aromatic nitrogens is 1. The lowest BCUT2D eigenvalue weighted by molar-refractivity contribution is -0.137. The van der Waals surface area contributed by atoms with Gasteiger partial charge in [0.1, 0.15) is 23.0 Å². The first kappa shape index (κ1) is 25.5. The molecule has 2 heterocycles. The molecule has 0 saturated heterocycles. The molecule has 0 spiro atoms. The number of amidine groups is 1. The molecule has 2 aromatic carbocycles. The Bertz CT molecular complexity index is 1290. The molecule has 0 radical (unpaired) electrons. The monoisotopic (exact) mass is 516 g/mol. The Labute approximate surface area is 211 Å². The van der Waals surface area contributed by atoms with Crippen LogP contribution < -0.4 is 15.4 Å². The summed E-state index contributed by atoms with van der Waals surface area (Å²) in [5, 5.41) is 5.32. The fourth-order valence-corrected chi connectivity index (χ4v) is 3.82. The molecule has 4 rings (SSSR count). The predicted octanol–water partition coefficient (Wildman–Crippen LogP) is 6.25. The number of hydrogen-bond donors (Lipinski definition) is 2. The van der Waals surface area contributed by atoms with Gasteiger partial charge in [-0.15, -0.1) is 0 Å². The molecule has 0 aliphatic carbocycles. The van der Waals surface area contributed by atoms with Gasteiger partial charge in [0.05, 0.1) is 16.1 Å². The number of benzene rings is 2. The van der Waals surface area contributed by atoms with Crippen molar-refractivity contribution in [2.75, 3.05) is 11.9 Å². The van der Waals surface area contributed by atoms with E-state index in [2.05, 4.69) is 20.6 Å². The molecule has 1 aliphatic heterocycles.